The van der Waals surface area contributed by atoms with E-state index < -0.39 is 0 Å². The van der Waals surface area contributed by atoms with Crippen LogP contribution in [0.2, 0.25) is 0 Å². The van der Waals surface area contributed by atoms with Gasteiger partial charge in [0.2, 0.25) is 0 Å². The van der Waals surface area contributed by atoms with Crippen molar-refractivity contribution in [3.63, 3.8) is 0 Å². The Morgan fingerprint density at radius 3 is 2.60 bits per heavy atom. The standard InChI is InChI=1S/C3H6ClN/c1-2-3-5-4/h3H,2H2,1H3/b5-3+. The zero-order valence-corrected chi connectivity index (χ0v) is 3.87. The quantitative estimate of drug-likeness (QED) is 0.435. The van der Waals surface area contributed by atoms with Gasteiger partial charge in [0.1, 0.15) is 0 Å². The largest absolute Gasteiger partial charge is 0.191 e. The molecule has 30 valence electrons. The Balaban J connectivity index is 2.62. The van der Waals surface area contributed by atoms with Crippen molar-refractivity contribution in [1.82, 2.24) is 0 Å². The van der Waals surface area contributed by atoms with Crippen molar-refractivity contribution in [2.45, 2.75) is 13.3 Å². The number of hydrogen-bond acceptors (Lipinski definition) is 1. The van der Waals surface area contributed by atoms with Gasteiger partial charge in [0.25, 0.3) is 0 Å². The molecule has 0 aromatic rings. The zero-order valence-electron chi connectivity index (χ0n) is 3.11. The van der Waals surface area contributed by atoms with Gasteiger partial charge in [-0.1, -0.05) is 6.92 Å². The molecule has 0 aliphatic rings. The Bertz CT molecular complexity index is 33.9. The summed E-state index contributed by atoms with van der Waals surface area (Å²) in [6.45, 7) is 1.98. The molecule has 2 heteroatoms. The molecule has 0 saturated heterocycles. The zero-order chi connectivity index (χ0) is 4.12. The van der Waals surface area contributed by atoms with Crippen LogP contribution in [0, 0.1) is 0 Å². The Morgan fingerprint density at radius 2 is 2.60 bits per heavy atom. The fraction of sp³-hybridized carbons (Fsp3) is 0.667. The van der Waals surface area contributed by atoms with E-state index in [0.717, 1.165) is 6.42 Å². The third-order valence-corrected chi connectivity index (χ3v) is 0.390. The van der Waals surface area contributed by atoms with Crippen molar-refractivity contribution >= 4 is 18.0 Å². The summed E-state index contributed by atoms with van der Waals surface area (Å²) in [6, 6.07) is 0. The molecule has 0 radical (unpaired) electrons. The van der Waals surface area contributed by atoms with Gasteiger partial charge in [0, 0.05) is 18.0 Å². The molecule has 0 amide bonds. The third-order valence-electron chi connectivity index (χ3n) is 0.252. The first-order chi connectivity index (χ1) is 2.41. The number of halogens is 1. The summed E-state index contributed by atoms with van der Waals surface area (Å²) < 4.78 is 3.20. The summed E-state index contributed by atoms with van der Waals surface area (Å²) in [5, 5.41) is 0. The minimum Gasteiger partial charge on any atom is -0.191 e. The highest BCUT2D eigenvalue weighted by molar-refractivity contribution is 6.17. The summed E-state index contributed by atoms with van der Waals surface area (Å²) in [7, 11) is 0. The van der Waals surface area contributed by atoms with E-state index in [1.165, 1.54) is 0 Å². The van der Waals surface area contributed by atoms with Gasteiger partial charge in [0.05, 0.1) is 0 Å². The molecule has 0 bridgehead atoms. The molecular weight excluding hydrogens is 85.5 g/mol. The normalized spacial score (nSPS) is 10.0. The molecular formula is C3H6ClN. The van der Waals surface area contributed by atoms with Gasteiger partial charge in [-0.05, 0) is 6.42 Å². The Hall–Kier alpha value is -0.0400. The Labute approximate surface area is 36.8 Å². The molecule has 0 heterocycles. The van der Waals surface area contributed by atoms with Gasteiger partial charge in [-0.25, -0.2) is 0 Å². The van der Waals surface area contributed by atoms with E-state index in [0.29, 0.717) is 0 Å². The lowest BCUT2D eigenvalue weighted by Crippen LogP contribution is -1.56. The molecule has 0 rings (SSSR count). The van der Waals surface area contributed by atoms with Gasteiger partial charge in [-0.15, -0.1) is 0 Å². The first-order valence-electron chi connectivity index (χ1n) is 1.54. The lowest BCUT2D eigenvalue weighted by Gasteiger charge is -1.62. The van der Waals surface area contributed by atoms with Crippen molar-refractivity contribution in [3.05, 3.63) is 0 Å². The number of hydrogen-bond donors (Lipinski definition) is 0. The second kappa shape index (κ2) is 3.96. The maximum Gasteiger partial charge on any atom is 0.0361 e. The summed E-state index contributed by atoms with van der Waals surface area (Å²) >= 11 is 4.87. The van der Waals surface area contributed by atoms with Crippen LogP contribution in [0.3, 0.4) is 0 Å². The second-order valence-corrected chi connectivity index (χ2v) is 0.884. The number of rotatable bonds is 1. The van der Waals surface area contributed by atoms with Crippen molar-refractivity contribution in [3.8, 4) is 0 Å². The summed E-state index contributed by atoms with van der Waals surface area (Å²) in [4.78, 5) is 0. The van der Waals surface area contributed by atoms with Crippen molar-refractivity contribution in [2.24, 2.45) is 4.51 Å². The van der Waals surface area contributed by atoms with Crippen LogP contribution in [-0.4, -0.2) is 6.21 Å². The van der Waals surface area contributed by atoms with Crippen LogP contribution in [0.15, 0.2) is 4.51 Å². The summed E-state index contributed by atoms with van der Waals surface area (Å²) in [5.41, 5.74) is 0. The molecule has 0 aromatic heterocycles. The molecule has 0 aliphatic heterocycles. The monoisotopic (exact) mass is 91.0 g/mol. The number of nitrogens with zero attached hydrogens (tertiary/aromatic N) is 1. The van der Waals surface area contributed by atoms with Crippen LogP contribution >= 0.6 is 11.8 Å². The molecule has 0 spiro atoms. The fourth-order valence-electron chi connectivity index (χ4n) is 0.0690. The first-order valence-corrected chi connectivity index (χ1v) is 1.88. The molecule has 0 saturated carbocycles. The topological polar surface area (TPSA) is 12.4 Å². The molecule has 0 N–H and O–H groups in total. The molecule has 0 atom stereocenters. The van der Waals surface area contributed by atoms with Crippen molar-refractivity contribution < 1.29 is 0 Å². The van der Waals surface area contributed by atoms with Gasteiger partial charge < -0.3 is 0 Å². The van der Waals surface area contributed by atoms with Crippen molar-refractivity contribution in [1.29, 1.82) is 0 Å². The van der Waals surface area contributed by atoms with Crippen LogP contribution in [0.4, 0.5) is 0 Å². The molecule has 0 aliphatic carbocycles. The van der Waals surface area contributed by atoms with E-state index in [1.807, 2.05) is 6.92 Å². The highest BCUT2D eigenvalue weighted by Gasteiger charge is 1.55. The van der Waals surface area contributed by atoms with Crippen LogP contribution < -0.4 is 0 Å². The van der Waals surface area contributed by atoms with E-state index in [9.17, 15) is 0 Å². The lowest BCUT2D eigenvalue weighted by atomic mass is 10.6. The smallest absolute Gasteiger partial charge is 0.0361 e. The van der Waals surface area contributed by atoms with E-state index in [1.54, 1.807) is 6.21 Å². The van der Waals surface area contributed by atoms with E-state index in [4.69, 9.17) is 11.8 Å². The van der Waals surface area contributed by atoms with Crippen LogP contribution in [0.25, 0.3) is 0 Å². The Morgan fingerprint density at radius 1 is 2.00 bits per heavy atom. The van der Waals surface area contributed by atoms with Crippen LogP contribution in [0.5, 0.6) is 0 Å². The molecule has 0 fully saturated rings. The lowest BCUT2D eigenvalue weighted by molar-refractivity contribution is 1.33. The highest BCUT2D eigenvalue weighted by Crippen LogP contribution is 1.71. The van der Waals surface area contributed by atoms with Gasteiger partial charge in [0.15, 0.2) is 0 Å². The highest BCUT2D eigenvalue weighted by atomic mass is 35.5. The maximum absolute atomic E-state index is 4.87. The average molecular weight is 91.5 g/mol. The van der Waals surface area contributed by atoms with E-state index in [-0.39, 0.29) is 0 Å². The summed E-state index contributed by atoms with van der Waals surface area (Å²) in [5.74, 6) is 0. The minimum atomic E-state index is 0.920. The maximum atomic E-state index is 4.87. The van der Waals surface area contributed by atoms with E-state index >= 15 is 0 Å². The Kier molecular flexibility index (Phi) is 3.93. The third kappa shape index (κ3) is 3.96. The van der Waals surface area contributed by atoms with Crippen LogP contribution in [-0.2, 0) is 0 Å². The molecule has 5 heavy (non-hydrogen) atoms. The predicted molar refractivity (Wildman–Crippen MR) is 24.6 cm³/mol. The van der Waals surface area contributed by atoms with Gasteiger partial charge in [-0.3, -0.25) is 0 Å². The second-order valence-electron chi connectivity index (χ2n) is 0.688. The van der Waals surface area contributed by atoms with Gasteiger partial charge in [-0.2, -0.15) is 4.51 Å². The fourth-order valence-corrected chi connectivity index (χ4v) is 0.207. The minimum absolute atomic E-state index is 0.920. The SMILES string of the molecule is CC/C=N/Cl. The predicted octanol–water partition coefficient (Wildman–Crippen LogP) is 1.62. The molecule has 1 nitrogen and oxygen atoms in total. The average Bonchev–Trinajstić information content (AvgIpc) is 1.41. The molecule has 0 aromatic carbocycles. The van der Waals surface area contributed by atoms with E-state index in [2.05, 4.69) is 4.51 Å². The summed E-state index contributed by atoms with van der Waals surface area (Å²) in [6.07, 6.45) is 2.56. The first kappa shape index (κ1) is 4.96. The molecule has 0 unspecified atom stereocenters. The van der Waals surface area contributed by atoms with Crippen molar-refractivity contribution in [2.75, 3.05) is 0 Å². The van der Waals surface area contributed by atoms with Gasteiger partial charge >= 0.3 is 0 Å². The van der Waals surface area contributed by atoms with Crippen LogP contribution in [0.1, 0.15) is 13.3 Å².